The van der Waals surface area contributed by atoms with Crippen molar-refractivity contribution in [3.63, 3.8) is 0 Å². The number of quaternary nitrogens is 1. The Morgan fingerprint density at radius 1 is 0.833 bits per heavy atom. The van der Waals surface area contributed by atoms with Crippen LogP contribution < -0.4 is 4.74 Å². The van der Waals surface area contributed by atoms with Crippen LogP contribution in [0.15, 0.2) is 30.3 Å². The molecule has 1 atom stereocenters. The van der Waals surface area contributed by atoms with Crippen molar-refractivity contribution in [1.29, 1.82) is 0 Å². The SMILES string of the molecule is Cc1cc(C)c(OCC(O)C[N+]2(Cc3cc(C)ccc3C)CCCCCC2)c(C)c1. The van der Waals surface area contributed by atoms with Gasteiger partial charge in [-0.3, -0.25) is 0 Å². The number of benzene rings is 2. The highest BCUT2D eigenvalue weighted by Gasteiger charge is 2.32. The van der Waals surface area contributed by atoms with Gasteiger partial charge in [0.1, 0.15) is 31.5 Å². The van der Waals surface area contributed by atoms with Gasteiger partial charge in [-0.05, 0) is 77.0 Å². The summed E-state index contributed by atoms with van der Waals surface area (Å²) in [4.78, 5) is 0. The van der Waals surface area contributed by atoms with E-state index in [-0.39, 0.29) is 0 Å². The molecule has 0 aromatic heterocycles. The Kier molecular flexibility index (Phi) is 7.60. The molecule has 1 N–H and O–H groups in total. The lowest BCUT2D eigenvalue weighted by Crippen LogP contribution is -2.53. The highest BCUT2D eigenvalue weighted by atomic mass is 16.5. The van der Waals surface area contributed by atoms with Crippen LogP contribution in [-0.2, 0) is 6.54 Å². The summed E-state index contributed by atoms with van der Waals surface area (Å²) in [5, 5.41) is 11.0. The van der Waals surface area contributed by atoms with Gasteiger partial charge in [0.2, 0.25) is 0 Å². The smallest absolute Gasteiger partial charge is 0.137 e. The van der Waals surface area contributed by atoms with Crippen molar-refractivity contribution >= 4 is 0 Å². The maximum Gasteiger partial charge on any atom is 0.137 e. The predicted octanol–water partition coefficient (Wildman–Crippen LogP) is 5.56. The van der Waals surface area contributed by atoms with Crippen LogP contribution in [-0.4, -0.2) is 41.9 Å². The molecule has 2 aromatic rings. The molecule has 30 heavy (non-hydrogen) atoms. The van der Waals surface area contributed by atoms with Gasteiger partial charge in [-0.15, -0.1) is 0 Å². The lowest BCUT2D eigenvalue weighted by atomic mass is 10.0. The normalized spacial score (nSPS) is 17.4. The molecule has 0 radical (unpaired) electrons. The molecule has 2 aromatic carbocycles. The third-order valence-electron chi connectivity index (χ3n) is 6.65. The van der Waals surface area contributed by atoms with Gasteiger partial charge >= 0.3 is 0 Å². The van der Waals surface area contributed by atoms with Gasteiger partial charge in [0, 0.05) is 5.56 Å². The summed E-state index contributed by atoms with van der Waals surface area (Å²) in [6, 6.07) is 11.1. The highest BCUT2D eigenvalue weighted by Crippen LogP contribution is 2.27. The van der Waals surface area contributed by atoms with Crippen LogP contribution in [0, 0.1) is 34.6 Å². The fourth-order valence-electron chi connectivity index (χ4n) is 5.17. The molecule has 1 saturated heterocycles. The third-order valence-corrected chi connectivity index (χ3v) is 6.65. The molecule has 1 aliphatic heterocycles. The lowest BCUT2D eigenvalue weighted by molar-refractivity contribution is -0.943. The summed E-state index contributed by atoms with van der Waals surface area (Å²) < 4.78 is 7.11. The van der Waals surface area contributed by atoms with Gasteiger partial charge in [-0.25, -0.2) is 0 Å². The van der Waals surface area contributed by atoms with Gasteiger partial charge in [-0.2, -0.15) is 0 Å². The molecular weight excluding hydrogens is 370 g/mol. The van der Waals surface area contributed by atoms with Crippen LogP contribution in [0.1, 0.15) is 59.1 Å². The van der Waals surface area contributed by atoms with E-state index >= 15 is 0 Å². The number of aryl methyl sites for hydroxylation is 5. The zero-order chi connectivity index (χ0) is 21.7. The summed E-state index contributed by atoms with van der Waals surface area (Å²) >= 11 is 0. The van der Waals surface area contributed by atoms with Gasteiger partial charge in [0.05, 0.1) is 13.1 Å². The third kappa shape index (κ3) is 5.86. The number of aliphatic hydroxyl groups is 1. The van der Waals surface area contributed by atoms with Crippen LogP contribution in [0.3, 0.4) is 0 Å². The fraction of sp³-hybridized carbons (Fsp3) is 0.556. The molecule has 0 amide bonds. The minimum absolute atomic E-state index is 0.359. The van der Waals surface area contributed by atoms with Crippen molar-refractivity contribution in [2.24, 2.45) is 0 Å². The number of likely N-dealkylation sites (tertiary alicyclic amines) is 1. The first-order chi connectivity index (χ1) is 14.3. The Hall–Kier alpha value is -1.84. The van der Waals surface area contributed by atoms with Gasteiger partial charge in [0.25, 0.3) is 0 Å². The van der Waals surface area contributed by atoms with Crippen LogP contribution in [0.4, 0.5) is 0 Å². The van der Waals surface area contributed by atoms with E-state index in [1.165, 1.54) is 47.9 Å². The standard InChI is InChI=1S/C27H40NO2/c1-20-10-11-22(3)25(16-20)17-28(12-8-6-7-9-13-28)18-26(29)19-30-27-23(4)14-21(2)15-24(27)5/h10-11,14-16,26,29H,6-9,12-13,17-19H2,1-5H3/q+1. The first kappa shape index (κ1) is 22.8. The Morgan fingerprint density at radius 2 is 1.47 bits per heavy atom. The van der Waals surface area contributed by atoms with Gasteiger partial charge in [0.15, 0.2) is 0 Å². The summed E-state index contributed by atoms with van der Waals surface area (Å²) in [5.74, 6) is 0.927. The Labute approximate surface area is 183 Å². The molecule has 0 spiro atoms. The van der Waals surface area contributed by atoms with E-state index in [1.54, 1.807) is 0 Å². The maximum atomic E-state index is 11.0. The van der Waals surface area contributed by atoms with Crippen molar-refractivity contribution < 1.29 is 14.3 Å². The fourth-order valence-corrected chi connectivity index (χ4v) is 5.17. The van der Waals surface area contributed by atoms with Crippen LogP contribution in [0.2, 0.25) is 0 Å². The molecule has 164 valence electrons. The molecule has 1 unspecified atom stereocenters. The number of rotatable bonds is 7. The average Bonchev–Trinajstić information content (AvgIpc) is 2.89. The first-order valence-electron chi connectivity index (χ1n) is 11.6. The van der Waals surface area contributed by atoms with E-state index in [1.807, 2.05) is 0 Å². The van der Waals surface area contributed by atoms with Crippen LogP contribution in [0.25, 0.3) is 0 Å². The largest absolute Gasteiger partial charge is 0.490 e. The van der Waals surface area contributed by atoms with E-state index in [9.17, 15) is 5.11 Å². The molecule has 3 rings (SSSR count). The van der Waals surface area contributed by atoms with E-state index in [4.69, 9.17) is 4.74 Å². The van der Waals surface area contributed by atoms with E-state index < -0.39 is 6.10 Å². The summed E-state index contributed by atoms with van der Waals surface area (Å²) in [5.41, 5.74) is 7.65. The molecular formula is C27H40NO2+. The average molecular weight is 411 g/mol. The van der Waals surface area contributed by atoms with E-state index in [0.29, 0.717) is 6.61 Å². The Balaban J connectivity index is 1.73. The van der Waals surface area contributed by atoms with Gasteiger partial charge in [-0.1, -0.05) is 41.5 Å². The minimum Gasteiger partial charge on any atom is -0.490 e. The molecule has 1 fully saturated rings. The zero-order valence-corrected chi connectivity index (χ0v) is 19.6. The topological polar surface area (TPSA) is 29.5 Å². The second kappa shape index (κ2) is 9.98. The minimum atomic E-state index is -0.465. The number of ether oxygens (including phenoxy) is 1. The molecule has 0 aliphatic carbocycles. The van der Waals surface area contributed by atoms with Crippen molar-refractivity contribution in [2.75, 3.05) is 26.2 Å². The highest BCUT2D eigenvalue weighted by molar-refractivity contribution is 5.42. The van der Waals surface area contributed by atoms with Gasteiger partial charge < -0.3 is 14.3 Å². The van der Waals surface area contributed by atoms with Crippen molar-refractivity contribution in [3.8, 4) is 5.75 Å². The van der Waals surface area contributed by atoms with E-state index in [2.05, 4.69) is 65.0 Å². The van der Waals surface area contributed by atoms with E-state index in [0.717, 1.165) is 47.5 Å². The van der Waals surface area contributed by atoms with Crippen LogP contribution in [0.5, 0.6) is 5.75 Å². The summed E-state index contributed by atoms with van der Waals surface area (Å²) in [6.07, 6.45) is 4.64. The number of aliphatic hydroxyl groups excluding tert-OH is 1. The quantitative estimate of drug-likeness (QED) is 0.606. The summed E-state index contributed by atoms with van der Waals surface area (Å²) in [7, 11) is 0. The maximum absolute atomic E-state index is 11.0. The first-order valence-corrected chi connectivity index (χ1v) is 11.6. The molecule has 1 aliphatic rings. The van der Waals surface area contributed by atoms with Crippen LogP contribution >= 0.6 is 0 Å². The molecule has 0 saturated carbocycles. The molecule has 1 heterocycles. The zero-order valence-electron chi connectivity index (χ0n) is 19.6. The summed E-state index contributed by atoms with van der Waals surface area (Å²) in [6.45, 7) is 15.1. The Morgan fingerprint density at radius 3 is 2.10 bits per heavy atom. The van der Waals surface area contributed by atoms with Crippen molar-refractivity contribution in [1.82, 2.24) is 0 Å². The molecule has 3 heteroatoms. The number of hydrogen-bond acceptors (Lipinski definition) is 2. The van der Waals surface area contributed by atoms with Crippen molar-refractivity contribution in [3.05, 3.63) is 63.7 Å². The lowest BCUT2D eigenvalue weighted by Gasteiger charge is -2.40. The van der Waals surface area contributed by atoms with Crippen molar-refractivity contribution in [2.45, 2.75) is 73.0 Å². The Bertz CT molecular complexity index is 827. The second-order valence-electron chi connectivity index (χ2n) is 9.67. The predicted molar refractivity (Wildman–Crippen MR) is 125 cm³/mol. The number of hydrogen-bond donors (Lipinski definition) is 1. The molecule has 3 nitrogen and oxygen atoms in total. The monoisotopic (exact) mass is 410 g/mol. The number of nitrogens with zero attached hydrogens (tertiary/aromatic N) is 1. The molecule has 0 bridgehead atoms. The second-order valence-corrected chi connectivity index (χ2v) is 9.67.